The van der Waals surface area contributed by atoms with Crippen LogP contribution in [0.25, 0.3) is 11.4 Å². The molecular formula is C17H20N5OP. The molecule has 1 heterocycles. The zero-order valence-electron chi connectivity index (χ0n) is 13.2. The van der Waals surface area contributed by atoms with E-state index in [1.807, 2.05) is 0 Å². The number of nitriles is 1. The van der Waals surface area contributed by atoms with Crippen LogP contribution in [0.5, 0.6) is 5.75 Å². The minimum Gasteiger partial charge on any atom is -0.507 e. The molecule has 1 aliphatic rings. The zero-order chi connectivity index (χ0) is 17.3. The molecule has 3 rings (SSSR count). The number of nitrogens with two attached hydrogens (primary N) is 2. The van der Waals surface area contributed by atoms with Crippen LogP contribution in [0.3, 0.4) is 0 Å². The number of phenolic OH excluding ortho intramolecular Hbond substituents is 1. The minimum atomic E-state index is 0.0851. The summed E-state index contributed by atoms with van der Waals surface area (Å²) in [5, 5.41) is 20.5. The fourth-order valence-electron chi connectivity index (χ4n) is 3.15. The van der Waals surface area contributed by atoms with Crippen LogP contribution in [-0.4, -0.2) is 21.1 Å². The molecule has 0 spiro atoms. The first-order valence-electron chi connectivity index (χ1n) is 7.91. The summed E-state index contributed by atoms with van der Waals surface area (Å²) in [5.74, 6) is 0.728. The summed E-state index contributed by atoms with van der Waals surface area (Å²) in [6.45, 7) is 0. The highest BCUT2D eigenvalue weighted by Crippen LogP contribution is 2.36. The lowest BCUT2D eigenvalue weighted by Crippen LogP contribution is -2.26. The molecule has 1 aromatic heterocycles. The summed E-state index contributed by atoms with van der Waals surface area (Å²) in [6.07, 6.45) is 3.56. The Bertz CT molecular complexity index is 809. The first-order chi connectivity index (χ1) is 11.5. The molecule has 1 aliphatic carbocycles. The van der Waals surface area contributed by atoms with E-state index in [9.17, 15) is 10.4 Å². The van der Waals surface area contributed by atoms with Crippen molar-refractivity contribution in [2.45, 2.75) is 37.6 Å². The number of nitrogen functional groups attached to an aromatic ring is 1. The van der Waals surface area contributed by atoms with Gasteiger partial charge in [-0.3, -0.25) is 0 Å². The van der Waals surface area contributed by atoms with Crippen molar-refractivity contribution in [2.75, 3.05) is 5.73 Å². The number of aromatic hydroxyl groups is 1. The van der Waals surface area contributed by atoms with Crippen molar-refractivity contribution in [1.29, 1.82) is 5.26 Å². The van der Waals surface area contributed by atoms with Gasteiger partial charge in [0.25, 0.3) is 0 Å². The normalized spacial score (nSPS) is 20.5. The molecule has 0 amide bonds. The van der Waals surface area contributed by atoms with Crippen LogP contribution in [0.4, 0.5) is 5.82 Å². The smallest absolute Gasteiger partial charge is 0.165 e. The van der Waals surface area contributed by atoms with Gasteiger partial charge in [-0.25, -0.2) is 9.97 Å². The van der Waals surface area contributed by atoms with Gasteiger partial charge < -0.3 is 16.6 Å². The molecular weight excluding hydrogens is 321 g/mol. The van der Waals surface area contributed by atoms with E-state index in [1.54, 1.807) is 18.2 Å². The molecule has 1 saturated carbocycles. The summed E-state index contributed by atoms with van der Waals surface area (Å²) in [6, 6.07) is 7.49. The number of anilines is 1. The molecule has 0 aliphatic heterocycles. The van der Waals surface area contributed by atoms with Crippen LogP contribution < -0.4 is 16.8 Å². The van der Waals surface area contributed by atoms with Gasteiger partial charge in [0, 0.05) is 12.0 Å². The van der Waals surface area contributed by atoms with E-state index in [2.05, 4.69) is 25.3 Å². The number of aromatic nitrogens is 2. The number of rotatable bonds is 2. The van der Waals surface area contributed by atoms with E-state index < -0.39 is 0 Å². The van der Waals surface area contributed by atoms with Crippen molar-refractivity contribution < 1.29 is 5.11 Å². The molecule has 0 bridgehead atoms. The SMILES string of the molecule is N#Cc1c(N)nc(-c2cc(P)ccc2O)nc1C1CCC(N)CC1. The van der Waals surface area contributed by atoms with E-state index in [0.717, 1.165) is 31.0 Å². The lowest BCUT2D eigenvalue weighted by Gasteiger charge is -2.26. The van der Waals surface area contributed by atoms with Gasteiger partial charge in [0.15, 0.2) is 5.82 Å². The summed E-state index contributed by atoms with van der Waals surface area (Å²) >= 11 is 0. The fraction of sp³-hybridized carbons (Fsp3) is 0.353. The van der Waals surface area contributed by atoms with Crippen molar-refractivity contribution in [3.8, 4) is 23.2 Å². The summed E-state index contributed by atoms with van der Waals surface area (Å²) in [5.41, 5.74) is 13.5. The molecule has 1 aromatic carbocycles. The largest absolute Gasteiger partial charge is 0.507 e. The van der Waals surface area contributed by atoms with Crippen LogP contribution in [-0.2, 0) is 0 Å². The Hall–Kier alpha value is -2.22. The zero-order valence-corrected chi connectivity index (χ0v) is 14.4. The highest BCUT2D eigenvalue weighted by molar-refractivity contribution is 7.27. The second-order valence-electron chi connectivity index (χ2n) is 6.19. The summed E-state index contributed by atoms with van der Waals surface area (Å²) in [4.78, 5) is 8.84. The standard InChI is InChI=1S/C17H20N5OP/c18-8-13-15(9-1-3-10(19)4-2-9)21-17(22-16(13)20)12-7-11(24)5-6-14(12)23/h5-7,9-10,23H,1-4,19,24H2,(H2,20,21,22). The average molecular weight is 341 g/mol. The van der Waals surface area contributed by atoms with Gasteiger partial charge in [-0.15, -0.1) is 9.24 Å². The summed E-state index contributed by atoms with van der Waals surface area (Å²) < 4.78 is 0. The quantitative estimate of drug-likeness (QED) is 0.716. The van der Waals surface area contributed by atoms with Crippen LogP contribution in [0.2, 0.25) is 0 Å². The van der Waals surface area contributed by atoms with Crippen molar-refractivity contribution in [3.63, 3.8) is 0 Å². The van der Waals surface area contributed by atoms with Gasteiger partial charge in [-0.05, 0) is 43.1 Å². The highest BCUT2D eigenvalue weighted by atomic mass is 31.0. The molecule has 7 heteroatoms. The Labute approximate surface area is 143 Å². The van der Waals surface area contributed by atoms with Gasteiger partial charge >= 0.3 is 0 Å². The van der Waals surface area contributed by atoms with E-state index in [1.165, 1.54) is 0 Å². The molecule has 0 saturated heterocycles. The van der Waals surface area contributed by atoms with Crippen molar-refractivity contribution in [2.24, 2.45) is 5.73 Å². The molecule has 124 valence electrons. The van der Waals surface area contributed by atoms with Gasteiger partial charge in [-0.2, -0.15) is 5.26 Å². The number of phenols is 1. The third kappa shape index (κ3) is 3.19. The van der Waals surface area contributed by atoms with Gasteiger partial charge in [0.05, 0.1) is 11.3 Å². The van der Waals surface area contributed by atoms with Crippen LogP contribution >= 0.6 is 9.24 Å². The predicted octanol–water partition coefficient (Wildman–Crippen LogP) is 1.79. The van der Waals surface area contributed by atoms with Crippen LogP contribution in [0.15, 0.2) is 18.2 Å². The molecule has 1 unspecified atom stereocenters. The predicted molar refractivity (Wildman–Crippen MR) is 96.8 cm³/mol. The Kier molecular flexibility index (Phi) is 4.66. The molecule has 2 aromatic rings. The Morgan fingerprint density at radius 2 is 1.92 bits per heavy atom. The van der Waals surface area contributed by atoms with Crippen molar-refractivity contribution >= 4 is 20.4 Å². The number of benzene rings is 1. The monoisotopic (exact) mass is 341 g/mol. The average Bonchev–Trinajstić information content (AvgIpc) is 2.57. The topological polar surface area (TPSA) is 122 Å². The number of hydrogen-bond donors (Lipinski definition) is 3. The maximum absolute atomic E-state index is 10.1. The molecule has 1 fully saturated rings. The highest BCUT2D eigenvalue weighted by Gasteiger charge is 2.26. The second-order valence-corrected chi connectivity index (χ2v) is 6.86. The maximum Gasteiger partial charge on any atom is 0.165 e. The molecule has 6 nitrogen and oxygen atoms in total. The molecule has 5 N–H and O–H groups in total. The molecule has 0 radical (unpaired) electrons. The molecule has 1 atom stereocenters. The van der Waals surface area contributed by atoms with E-state index in [-0.39, 0.29) is 23.5 Å². The fourth-order valence-corrected chi connectivity index (χ4v) is 3.41. The van der Waals surface area contributed by atoms with Crippen LogP contribution in [0.1, 0.15) is 42.9 Å². The van der Waals surface area contributed by atoms with Gasteiger partial charge in [-0.1, -0.05) is 6.07 Å². The van der Waals surface area contributed by atoms with Gasteiger partial charge in [0.1, 0.15) is 23.2 Å². The van der Waals surface area contributed by atoms with Crippen molar-refractivity contribution in [1.82, 2.24) is 9.97 Å². The third-order valence-electron chi connectivity index (χ3n) is 4.50. The Morgan fingerprint density at radius 1 is 1.21 bits per heavy atom. The minimum absolute atomic E-state index is 0.0851. The van der Waals surface area contributed by atoms with Crippen LogP contribution in [0, 0.1) is 11.3 Å². The third-order valence-corrected chi connectivity index (χ3v) is 4.86. The molecule has 24 heavy (non-hydrogen) atoms. The van der Waals surface area contributed by atoms with E-state index >= 15 is 0 Å². The lowest BCUT2D eigenvalue weighted by molar-refractivity contribution is 0.390. The lowest BCUT2D eigenvalue weighted by atomic mass is 9.83. The Balaban J connectivity index is 2.10. The first-order valence-corrected chi connectivity index (χ1v) is 8.49. The van der Waals surface area contributed by atoms with Gasteiger partial charge in [0.2, 0.25) is 0 Å². The van der Waals surface area contributed by atoms with E-state index in [4.69, 9.17) is 11.5 Å². The second kappa shape index (κ2) is 6.72. The summed E-state index contributed by atoms with van der Waals surface area (Å²) in [7, 11) is 2.57. The first kappa shape index (κ1) is 16.6. The van der Waals surface area contributed by atoms with E-state index in [0.29, 0.717) is 22.6 Å². The Morgan fingerprint density at radius 3 is 2.58 bits per heavy atom. The maximum atomic E-state index is 10.1. The van der Waals surface area contributed by atoms with Crippen molar-refractivity contribution in [3.05, 3.63) is 29.5 Å². The number of hydrogen-bond acceptors (Lipinski definition) is 6. The number of nitrogens with zero attached hydrogens (tertiary/aromatic N) is 3.